The number of hydroxylamine groups is 2. The molecule has 1 aromatic rings. The molecule has 11 heavy (non-hydrogen) atoms. The fourth-order valence-corrected chi connectivity index (χ4v) is 0.931. The Morgan fingerprint density at radius 3 is 2.91 bits per heavy atom. The molecule has 1 aromatic heterocycles. The lowest BCUT2D eigenvalue weighted by Crippen LogP contribution is -2.12. The molecule has 0 aliphatic heterocycles. The number of pyridine rings is 1. The molecular formula is C8H12N2O. The normalized spacial score (nSPS) is 10.5. The predicted octanol–water partition coefficient (Wildman–Crippen LogP) is 1.21. The van der Waals surface area contributed by atoms with Crippen molar-refractivity contribution in [1.29, 1.82) is 0 Å². The van der Waals surface area contributed by atoms with Crippen LogP contribution in [0.5, 0.6) is 0 Å². The number of nitrogens with zero attached hydrogens (tertiary/aromatic N) is 2. The second-order valence-corrected chi connectivity index (χ2v) is 2.56. The van der Waals surface area contributed by atoms with Gasteiger partial charge in [-0.15, -0.1) is 0 Å². The van der Waals surface area contributed by atoms with E-state index in [1.54, 1.807) is 13.2 Å². The van der Waals surface area contributed by atoms with E-state index < -0.39 is 0 Å². The van der Waals surface area contributed by atoms with E-state index in [9.17, 15) is 0 Å². The van der Waals surface area contributed by atoms with E-state index in [0.717, 1.165) is 16.3 Å². The molecule has 0 fully saturated rings. The summed E-state index contributed by atoms with van der Waals surface area (Å²) in [4.78, 5) is 4.09. The van der Waals surface area contributed by atoms with E-state index in [2.05, 4.69) is 4.98 Å². The maximum absolute atomic E-state index is 8.94. The van der Waals surface area contributed by atoms with Crippen molar-refractivity contribution >= 4 is 0 Å². The fourth-order valence-electron chi connectivity index (χ4n) is 0.931. The molecule has 3 heteroatoms. The van der Waals surface area contributed by atoms with E-state index in [4.69, 9.17) is 5.21 Å². The van der Waals surface area contributed by atoms with Crippen molar-refractivity contribution in [2.24, 2.45) is 0 Å². The van der Waals surface area contributed by atoms with Crippen molar-refractivity contribution in [2.75, 3.05) is 7.05 Å². The first kappa shape index (κ1) is 8.17. The highest BCUT2D eigenvalue weighted by atomic mass is 16.5. The van der Waals surface area contributed by atoms with Gasteiger partial charge in [0.15, 0.2) is 0 Å². The Balaban J connectivity index is 2.78. The minimum Gasteiger partial charge on any atom is -0.314 e. The molecule has 0 aromatic carbocycles. The van der Waals surface area contributed by atoms with Crippen molar-refractivity contribution in [3.63, 3.8) is 0 Å². The van der Waals surface area contributed by atoms with Gasteiger partial charge in [0.05, 0.1) is 6.54 Å². The van der Waals surface area contributed by atoms with Gasteiger partial charge in [0, 0.05) is 18.9 Å². The third kappa shape index (κ3) is 2.29. The van der Waals surface area contributed by atoms with E-state index in [1.807, 2.05) is 19.1 Å². The molecule has 1 rings (SSSR count). The Morgan fingerprint density at radius 1 is 1.64 bits per heavy atom. The summed E-state index contributed by atoms with van der Waals surface area (Å²) in [6, 6.07) is 3.82. The molecule has 0 saturated heterocycles. The maximum atomic E-state index is 8.94. The molecule has 0 atom stereocenters. The molecule has 0 saturated carbocycles. The lowest BCUT2D eigenvalue weighted by atomic mass is 10.2. The van der Waals surface area contributed by atoms with Crippen LogP contribution in [-0.2, 0) is 6.54 Å². The van der Waals surface area contributed by atoms with Crippen LogP contribution in [-0.4, -0.2) is 22.3 Å². The summed E-state index contributed by atoms with van der Waals surface area (Å²) >= 11 is 0. The summed E-state index contributed by atoms with van der Waals surface area (Å²) in [5.41, 5.74) is 2.02. The molecule has 0 amide bonds. The van der Waals surface area contributed by atoms with Crippen molar-refractivity contribution in [2.45, 2.75) is 13.5 Å². The monoisotopic (exact) mass is 152 g/mol. The number of hydrogen-bond donors (Lipinski definition) is 1. The molecule has 1 heterocycles. The number of rotatable bonds is 2. The Bertz CT molecular complexity index is 235. The van der Waals surface area contributed by atoms with Crippen LogP contribution in [0.3, 0.4) is 0 Å². The molecule has 0 radical (unpaired) electrons. The molecule has 0 aliphatic carbocycles. The molecule has 3 nitrogen and oxygen atoms in total. The molecule has 0 spiro atoms. The predicted molar refractivity (Wildman–Crippen MR) is 42.2 cm³/mol. The summed E-state index contributed by atoms with van der Waals surface area (Å²) in [6.45, 7) is 2.46. The second-order valence-electron chi connectivity index (χ2n) is 2.56. The molecular weight excluding hydrogens is 140 g/mol. The topological polar surface area (TPSA) is 36.4 Å². The summed E-state index contributed by atoms with van der Waals surface area (Å²) in [7, 11) is 1.62. The Kier molecular flexibility index (Phi) is 2.57. The van der Waals surface area contributed by atoms with Crippen molar-refractivity contribution in [3.8, 4) is 0 Å². The van der Waals surface area contributed by atoms with Gasteiger partial charge in [0.25, 0.3) is 0 Å². The standard InChI is InChI=1S/C8H12N2O/c1-7-8(6-10(2)11)4-3-5-9-7/h3-5,11H,6H2,1-2H3. The van der Waals surface area contributed by atoms with Crippen LogP contribution in [0.15, 0.2) is 18.3 Å². The zero-order chi connectivity index (χ0) is 8.27. The molecule has 0 bridgehead atoms. The van der Waals surface area contributed by atoms with E-state index in [0.29, 0.717) is 6.54 Å². The summed E-state index contributed by atoms with van der Waals surface area (Å²) in [6.07, 6.45) is 1.75. The maximum Gasteiger partial charge on any atom is 0.0503 e. The first-order chi connectivity index (χ1) is 5.20. The highest BCUT2D eigenvalue weighted by Crippen LogP contribution is 2.04. The van der Waals surface area contributed by atoms with Crippen LogP contribution in [0, 0.1) is 6.92 Å². The fraction of sp³-hybridized carbons (Fsp3) is 0.375. The van der Waals surface area contributed by atoms with Crippen LogP contribution >= 0.6 is 0 Å². The quantitative estimate of drug-likeness (QED) is 0.647. The molecule has 1 N–H and O–H groups in total. The van der Waals surface area contributed by atoms with Crippen LogP contribution in [0.1, 0.15) is 11.3 Å². The highest BCUT2D eigenvalue weighted by Gasteiger charge is 1.99. The van der Waals surface area contributed by atoms with Crippen LogP contribution in [0.2, 0.25) is 0 Å². The zero-order valence-corrected chi connectivity index (χ0v) is 6.78. The highest BCUT2D eigenvalue weighted by molar-refractivity contribution is 5.17. The lowest BCUT2D eigenvalue weighted by molar-refractivity contribution is -0.0733. The van der Waals surface area contributed by atoms with E-state index in [-0.39, 0.29) is 0 Å². The zero-order valence-electron chi connectivity index (χ0n) is 6.78. The largest absolute Gasteiger partial charge is 0.314 e. The average molecular weight is 152 g/mol. The molecule has 0 unspecified atom stereocenters. The minimum absolute atomic E-state index is 0.527. The van der Waals surface area contributed by atoms with Gasteiger partial charge in [-0.1, -0.05) is 6.07 Å². The van der Waals surface area contributed by atoms with Gasteiger partial charge in [-0.25, -0.2) is 0 Å². The minimum atomic E-state index is 0.527. The van der Waals surface area contributed by atoms with Gasteiger partial charge in [-0.2, -0.15) is 5.06 Å². The third-order valence-corrected chi connectivity index (χ3v) is 1.52. The van der Waals surface area contributed by atoms with Gasteiger partial charge in [0.1, 0.15) is 0 Å². The lowest BCUT2D eigenvalue weighted by Gasteiger charge is -2.08. The SMILES string of the molecule is Cc1ncccc1CN(C)O. The Hall–Kier alpha value is -0.930. The van der Waals surface area contributed by atoms with E-state index in [1.165, 1.54) is 0 Å². The third-order valence-electron chi connectivity index (χ3n) is 1.52. The first-order valence-corrected chi connectivity index (χ1v) is 3.50. The van der Waals surface area contributed by atoms with Gasteiger partial charge in [0.2, 0.25) is 0 Å². The number of aryl methyl sites for hydroxylation is 1. The van der Waals surface area contributed by atoms with E-state index >= 15 is 0 Å². The van der Waals surface area contributed by atoms with Crippen molar-refractivity contribution in [1.82, 2.24) is 10.0 Å². The number of hydrogen-bond acceptors (Lipinski definition) is 3. The van der Waals surface area contributed by atoms with Crippen LogP contribution in [0.25, 0.3) is 0 Å². The van der Waals surface area contributed by atoms with Gasteiger partial charge < -0.3 is 5.21 Å². The van der Waals surface area contributed by atoms with Gasteiger partial charge in [-0.05, 0) is 18.6 Å². The van der Waals surface area contributed by atoms with Crippen LogP contribution in [0.4, 0.5) is 0 Å². The second kappa shape index (κ2) is 3.46. The summed E-state index contributed by atoms with van der Waals surface area (Å²) in [5, 5.41) is 10.1. The van der Waals surface area contributed by atoms with Gasteiger partial charge >= 0.3 is 0 Å². The van der Waals surface area contributed by atoms with Gasteiger partial charge in [-0.3, -0.25) is 4.98 Å². The van der Waals surface area contributed by atoms with Crippen LogP contribution < -0.4 is 0 Å². The molecule has 60 valence electrons. The summed E-state index contributed by atoms with van der Waals surface area (Å²) in [5.74, 6) is 0. The van der Waals surface area contributed by atoms with Crippen molar-refractivity contribution in [3.05, 3.63) is 29.6 Å². The summed E-state index contributed by atoms with van der Waals surface area (Å²) < 4.78 is 0. The number of aromatic nitrogens is 1. The average Bonchev–Trinajstić information content (AvgIpc) is 1.93. The first-order valence-electron chi connectivity index (χ1n) is 3.50. The Labute approximate surface area is 66.3 Å². The Morgan fingerprint density at radius 2 is 2.36 bits per heavy atom. The van der Waals surface area contributed by atoms with Crippen molar-refractivity contribution < 1.29 is 5.21 Å². The smallest absolute Gasteiger partial charge is 0.0503 e. The molecule has 0 aliphatic rings.